The zero-order valence-electron chi connectivity index (χ0n) is 41.2. The molecule has 5 aromatic carbocycles. The molecule has 386 valence electrons. The smallest absolute Gasteiger partial charge is 0.489 e. The van der Waals surface area contributed by atoms with Crippen LogP contribution in [0.3, 0.4) is 0 Å². The van der Waals surface area contributed by atoms with Crippen molar-refractivity contribution in [2.75, 3.05) is 7.11 Å². The molecule has 9 rings (SSSR count). The fraction of sp³-hybridized carbons (Fsp3) is 0.189. The maximum absolute atomic E-state index is 11.8. The van der Waals surface area contributed by atoms with Crippen molar-refractivity contribution in [2.45, 2.75) is 59.3 Å². The molecule has 0 fully saturated rings. The van der Waals surface area contributed by atoms with Crippen molar-refractivity contribution in [2.24, 2.45) is 5.73 Å². The van der Waals surface area contributed by atoms with E-state index < -0.39 is 13.0 Å². The number of methoxy groups -OCH3 is 1. The number of primary amides is 1. The summed E-state index contributed by atoms with van der Waals surface area (Å²) in [5.41, 5.74) is 9.92. The number of benzene rings is 5. The number of nitrogens with zero attached hydrogens (tertiary/aromatic N) is 4. The van der Waals surface area contributed by atoms with E-state index in [1.54, 1.807) is 61.2 Å². The first kappa shape index (κ1) is 58.3. The van der Waals surface area contributed by atoms with E-state index >= 15 is 0 Å². The number of imidazole rings is 3. The fourth-order valence-corrected chi connectivity index (χ4v) is 7.78. The molecule has 0 aliphatic rings. The largest absolute Gasteiger partial charge is 0.508 e. The lowest BCUT2D eigenvalue weighted by Crippen LogP contribution is -2.30. The number of ether oxygens (including phenoxy) is 2. The van der Waals surface area contributed by atoms with E-state index in [9.17, 15) is 9.90 Å². The van der Waals surface area contributed by atoms with Crippen molar-refractivity contribution >= 4 is 91.7 Å². The topological polar surface area (TPSA) is 241 Å². The molecule has 0 aliphatic carbocycles. The van der Waals surface area contributed by atoms with Gasteiger partial charge >= 0.3 is 7.12 Å². The molecule has 0 radical (unpaired) electrons. The zero-order valence-corrected chi connectivity index (χ0v) is 45.8. The molecule has 1 amide bonds. The lowest BCUT2D eigenvalue weighted by atomic mass is 9.80. The minimum atomic E-state index is -1.59. The highest BCUT2D eigenvalue weighted by Crippen LogP contribution is 2.37. The van der Waals surface area contributed by atoms with Gasteiger partial charge in [-0.2, -0.15) is 0 Å². The van der Waals surface area contributed by atoms with Crippen LogP contribution in [0.15, 0.2) is 133 Å². The Kier molecular flexibility index (Phi) is 21.8. The van der Waals surface area contributed by atoms with Crippen LogP contribution >= 0.6 is 62.3 Å². The van der Waals surface area contributed by atoms with Crippen molar-refractivity contribution in [1.82, 2.24) is 34.9 Å². The van der Waals surface area contributed by atoms with Crippen molar-refractivity contribution in [3.05, 3.63) is 176 Å². The van der Waals surface area contributed by atoms with Gasteiger partial charge in [-0.15, -0.1) is 0 Å². The van der Waals surface area contributed by atoms with E-state index in [2.05, 4.69) is 92.4 Å². The van der Waals surface area contributed by atoms with Crippen LogP contribution in [0.1, 0.15) is 87.1 Å². The van der Waals surface area contributed by atoms with Gasteiger partial charge < -0.3 is 50.4 Å². The Hall–Kier alpha value is -6.57. The second-order valence-electron chi connectivity index (χ2n) is 17.0. The third-order valence-corrected chi connectivity index (χ3v) is 12.0. The standard InChI is InChI=1S/C23H21ClN4O3.C12H13ClN2O.C6H6BClO3.C6H9BrN2.C6H5Cl/c1-12(2)23-27-11-19(28-23)14-5-4-13(8-17(14)24)31-20-6-7-26-18-10-21(30-3)16(22(25)29)9-15(18)20;1-7(2)12-14-6-11(15-12)9-4-3-8(16)5-10(9)13;8-6-3-4(9)1-2-5(6)7(10)11;1-4(2)6-8-3-5(7)9-6;7-6-4-2-1-3-5-6/h4-12H,1-3H3,(H2,25,29)(H,27,28);3-7,16H,1-2H3,(H,14,15);1-3,9-11H;3-4H,1-2H3,(H,8,9);1-5H. The first-order valence-corrected chi connectivity index (χ1v) is 25.0. The van der Waals surface area contributed by atoms with Crippen LogP contribution in [-0.2, 0) is 0 Å². The number of phenolic OH excluding ortho intramolecular Hbond substituents is 2. The van der Waals surface area contributed by atoms with E-state index in [0.29, 0.717) is 56.0 Å². The Bertz CT molecular complexity index is 3260. The maximum atomic E-state index is 11.8. The molecule has 9 aromatic rings. The molecule has 9 N–H and O–H groups in total. The minimum Gasteiger partial charge on any atom is -0.508 e. The number of H-pyrrole nitrogens is 3. The molecule has 0 bridgehead atoms. The second-order valence-corrected chi connectivity index (χ2v) is 19.5. The fourth-order valence-electron chi connectivity index (χ4n) is 6.51. The van der Waals surface area contributed by atoms with Gasteiger partial charge in [-0.05, 0) is 82.7 Å². The number of fused-ring (bicyclic) bond motifs is 1. The van der Waals surface area contributed by atoms with Gasteiger partial charge in [-0.25, -0.2) is 15.0 Å². The lowest BCUT2D eigenvalue weighted by molar-refractivity contribution is 0.0997. The van der Waals surface area contributed by atoms with E-state index in [1.165, 1.54) is 31.4 Å². The molecular formula is C53H54BBrCl4N8O7. The molecule has 0 aliphatic heterocycles. The number of halogens is 5. The van der Waals surface area contributed by atoms with Crippen LogP contribution in [0.2, 0.25) is 20.1 Å². The van der Waals surface area contributed by atoms with Crippen molar-refractivity contribution in [1.29, 1.82) is 0 Å². The quantitative estimate of drug-likeness (QED) is 0.0599. The molecule has 4 heterocycles. The number of phenols is 2. The number of nitrogens with two attached hydrogens (primary N) is 1. The first-order chi connectivity index (χ1) is 35.1. The third-order valence-electron chi connectivity index (χ3n) is 10.4. The molecule has 74 heavy (non-hydrogen) atoms. The number of aromatic amines is 3. The predicted octanol–water partition coefficient (Wildman–Crippen LogP) is 13.2. The number of nitrogens with one attached hydrogen (secondary N) is 3. The summed E-state index contributed by atoms with van der Waals surface area (Å²) in [5, 5.41) is 38.1. The van der Waals surface area contributed by atoms with Gasteiger partial charge in [0.15, 0.2) is 0 Å². The van der Waals surface area contributed by atoms with Gasteiger partial charge in [0, 0.05) is 68.1 Å². The van der Waals surface area contributed by atoms with Gasteiger partial charge in [0.05, 0.1) is 58.2 Å². The van der Waals surface area contributed by atoms with E-state index in [4.69, 9.17) is 76.8 Å². The second kappa shape index (κ2) is 27.6. The number of hydrogen-bond acceptors (Lipinski definition) is 11. The lowest BCUT2D eigenvalue weighted by Gasteiger charge is -2.12. The number of rotatable bonds is 10. The summed E-state index contributed by atoms with van der Waals surface area (Å²) in [5.74, 6) is 4.97. The molecule has 15 nitrogen and oxygen atoms in total. The summed E-state index contributed by atoms with van der Waals surface area (Å²) in [7, 11) is -0.121. The van der Waals surface area contributed by atoms with Crippen LogP contribution in [-0.4, -0.2) is 75.3 Å². The van der Waals surface area contributed by atoms with Crippen LogP contribution in [0.5, 0.6) is 28.7 Å². The van der Waals surface area contributed by atoms with Crippen LogP contribution in [0.4, 0.5) is 0 Å². The predicted molar refractivity (Wildman–Crippen MR) is 300 cm³/mol. The van der Waals surface area contributed by atoms with Crippen molar-refractivity contribution in [3.8, 4) is 51.3 Å². The summed E-state index contributed by atoms with van der Waals surface area (Å²) in [6.07, 6.45) is 6.92. The summed E-state index contributed by atoms with van der Waals surface area (Å²) in [6.45, 7) is 12.5. The molecule has 21 heteroatoms. The van der Waals surface area contributed by atoms with Gasteiger partial charge in [-0.3, -0.25) is 9.78 Å². The number of aromatic hydroxyl groups is 2. The van der Waals surface area contributed by atoms with Gasteiger partial charge in [0.1, 0.15) is 50.8 Å². The average Bonchev–Trinajstić information content (AvgIpc) is 4.15. The highest BCUT2D eigenvalue weighted by molar-refractivity contribution is 9.10. The SMILES string of the molecule is CC(C)c1ncc(-c2ccc(O)cc2Cl)[nH]1.CC(C)c1ncc(Br)[nH]1.COc1cc2nccc(Oc3ccc(-c4cnc(C(C)C)[nH]4)c(Cl)c3)c2cc1C(N)=O.Clc1ccccc1.OB(O)c1ccc(O)cc1Cl. The highest BCUT2D eigenvalue weighted by atomic mass is 79.9. The van der Waals surface area contributed by atoms with E-state index in [1.807, 2.05) is 42.5 Å². The van der Waals surface area contributed by atoms with Gasteiger partial charge in [0.25, 0.3) is 5.91 Å². The van der Waals surface area contributed by atoms with Gasteiger partial charge in [-0.1, -0.05) is 112 Å². The minimum absolute atomic E-state index is 0.000556. The first-order valence-electron chi connectivity index (χ1n) is 22.7. The summed E-state index contributed by atoms with van der Waals surface area (Å²) < 4.78 is 12.3. The monoisotopic (exact) mass is 1140 g/mol. The molecule has 0 spiro atoms. The normalized spacial score (nSPS) is 10.6. The molecule has 0 atom stereocenters. The van der Waals surface area contributed by atoms with E-state index in [-0.39, 0.29) is 27.5 Å². The number of carbonyl (C=O) groups excluding carboxylic acids is 1. The Morgan fingerprint density at radius 2 is 1.16 bits per heavy atom. The number of pyridine rings is 1. The maximum Gasteiger partial charge on any atom is 0.489 e. The Morgan fingerprint density at radius 3 is 1.59 bits per heavy atom. The number of aromatic nitrogens is 7. The van der Waals surface area contributed by atoms with Crippen LogP contribution < -0.4 is 20.7 Å². The Labute approximate surface area is 457 Å². The van der Waals surface area contributed by atoms with E-state index in [0.717, 1.165) is 49.6 Å². The molecule has 0 saturated carbocycles. The molecule has 4 aromatic heterocycles. The number of hydrogen-bond donors (Lipinski definition) is 8. The molecule has 0 unspecified atom stereocenters. The van der Waals surface area contributed by atoms with Gasteiger partial charge in [0.2, 0.25) is 0 Å². The van der Waals surface area contributed by atoms with Crippen molar-refractivity contribution in [3.63, 3.8) is 0 Å². The van der Waals surface area contributed by atoms with Crippen LogP contribution in [0.25, 0.3) is 33.4 Å². The average molecular weight is 1150 g/mol. The summed E-state index contributed by atoms with van der Waals surface area (Å²) >= 11 is 26.9. The summed E-state index contributed by atoms with van der Waals surface area (Å²) in [6, 6.07) is 28.7. The highest BCUT2D eigenvalue weighted by Gasteiger charge is 2.17. The zero-order chi connectivity index (χ0) is 54.2. The number of carbonyl (C=O) groups is 1. The Morgan fingerprint density at radius 1 is 0.635 bits per heavy atom. The number of amides is 1. The Balaban J connectivity index is 0.000000195. The molecular weight excluding hydrogens is 1090 g/mol. The van der Waals surface area contributed by atoms with Crippen molar-refractivity contribution < 1.29 is 34.5 Å². The molecule has 0 saturated heterocycles. The summed E-state index contributed by atoms with van der Waals surface area (Å²) in [4.78, 5) is 38.5. The van der Waals surface area contributed by atoms with Crippen LogP contribution in [0, 0.1) is 0 Å². The third kappa shape index (κ3) is 16.7.